The largest absolute Gasteiger partial charge is 0.485 e. The van der Waals surface area contributed by atoms with Crippen LogP contribution < -0.4 is 4.74 Å². The van der Waals surface area contributed by atoms with E-state index in [-0.39, 0.29) is 11.9 Å². The van der Waals surface area contributed by atoms with E-state index < -0.39 is 6.10 Å². The minimum Gasteiger partial charge on any atom is -0.485 e. The van der Waals surface area contributed by atoms with Crippen molar-refractivity contribution in [2.75, 3.05) is 0 Å². The lowest BCUT2D eigenvalue weighted by molar-refractivity contribution is 0.0654. The van der Waals surface area contributed by atoms with Crippen LogP contribution in [0.25, 0.3) is 0 Å². The van der Waals surface area contributed by atoms with E-state index in [2.05, 4.69) is 15.9 Å². The van der Waals surface area contributed by atoms with Crippen LogP contribution in [0, 0.1) is 5.82 Å². The highest BCUT2D eigenvalue weighted by Crippen LogP contribution is 2.43. The van der Waals surface area contributed by atoms with Gasteiger partial charge in [-0.1, -0.05) is 27.5 Å². The van der Waals surface area contributed by atoms with Gasteiger partial charge in [-0.2, -0.15) is 0 Å². The van der Waals surface area contributed by atoms with Crippen LogP contribution in [0.4, 0.5) is 4.39 Å². The molecule has 0 fully saturated rings. The zero-order valence-corrected chi connectivity index (χ0v) is 12.7. The van der Waals surface area contributed by atoms with E-state index in [9.17, 15) is 9.50 Å². The molecule has 0 amide bonds. The van der Waals surface area contributed by atoms with E-state index in [1.165, 1.54) is 18.2 Å². The van der Waals surface area contributed by atoms with Crippen molar-refractivity contribution in [2.45, 2.75) is 18.6 Å². The standard InChI is InChI=1S/C15H11BrClFO2/c16-8-1-3-12(17)10(5-8)15-7-13(19)11-6-9(18)2-4-14(11)20-15/h1-6,13,15,19H,7H2/t13-,15?/m0/s1. The third-order valence-electron chi connectivity index (χ3n) is 3.34. The van der Waals surface area contributed by atoms with Crippen LogP contribution in [-0.2, 0) is 0 Å². The van der Waals surface area contributed by atoms with Gasteiger partial charge in [-0.05, 0) is 36.4 Å². The van der Waals surface area contributed by atoms with Crippen LogP contribution in [-0.4, -0.2) is 5.11 Å². The molecular formula is C15H11BrClFO2. The average molecular weight is 358 g/mol. The van der Waals surface area contributed by atoms with Crippen molar-refractivity contribution in [2.24, 2.45) is 0 Å². The summed E-state index contributed by atoms with van der Waals surface area (Å²) in [7, 11) is 0. The number of ether oxygens (including phenoxy) is 1. The first-order valence-electron chi connectivity index (χ1n) is 6.13. The molecule has 0 saturated carbocycles. The zero-order chi connectivity index (χ0) is 14.3. The van der Waals surface area contributed by atoms with Crippen LogP contribution in [0.5, 0.6) is 5.75 Å². The van der Waals surface area contributed by atoms with Gasteiger partial charge in [-0.3, -0.25) is 0 Å². The lowest BCUT2D eigenvalue weighted by atomic mass is 9.95. The van der Waals surface area contributed by atoms with Crippen LogP contribution in [0.3, 0.4) is 0 Å². The molecule has 0 aliphatic carbocycles. The van der Waals surface area contributed by atoms with Gasteiger partial charge < -0.3 is 9.84 Å². The van der Waals surface area contributed by atoms with E-state index >= 15 is 0 Å². The molecule has 0 radical (unpaired) electrons. The average Bonchev–Trinajstić information content (AvgIpc) is 2.42. The number of aliphatic hydroxyl groups is 1. The summed E-state index contributed by atoms with van der Waals surface area (Å²) in [5, 5.41) is 10.8. The van der Waals surface area contributed by atoms with Gasteiger partial charge in [0.05, 0.1) is 6.10 Å². The molecule has 20 heavy (non-hydrogen) atoms. The molecule has 0 spiro atoms. The van der Waals surface area contributed by atoms with Crippen molar-refractivity contribution in [1.82, 2.24) is 0 Å². The van der Waals surface area contributed by atoms with E-state index in [1.54, 1.807) is 6.07 Å². The van der Waals surface area contributed by atoms with Gasteiger partial charge in [0.15, 0.2) is 0 Å². The first kappa shape index (κ1) is 13.9. The summed E-state index contributed by atoms with van der Waals surface area (Å²) >= 11 is 9.58. The van der Waals surface area contributed by atoms with Crippen molar-refractivity contribution >= 4 is 27.5 Å². The maximum absolute atomic E-state index is 13.2. The first-order valence-corrected chi connectivity index (χ1v) is 7.31. The van der Waals surface area contributed by atoms with Gasteiger partial charge in [0.1, 0.15) is 17.7 Å². The van der Waals surface area contributed by atoms with Crippen molar-refractivity contribution in [3.05, 3.63) is 62.8 Å². The number of hydrogen-bond donors (Lipinski definition) is 1. The Labute approximate surface area is 129 Å². The maximum atomic E-state index is 13.2. The highest BCUT2D eigenvalue weighted by atomic mass is 79.9. The second-order valence-electron chi connectivity index (χ2n) is 4.71. The second kappa shape index (κ2) is 5.35. The molecule has 104 valence electrons. The molecule has 0 bridgehead atoms. The number of benzene rings is 2. The van der Waals surface area contributed by atoms with Crippen molar-refractivity contribution in [3.8, 4) is 5.75 Å². The van der Waals surface area contributed by atoms with Gasteiger partial charge in [0, 0.05) is 27.0 Å². The molecule has 2 aromatic carbocycles. The van der Waals surface area contributed by atoms with E-state index in [0.717, 1.165) is 10.0 Å². The first-order chi connectivity index (χ1) is 9.54. The summed E-state index contributed by atoms with van der Waals surface area (Å²) in [6, 6.07) is 9.64. The molecule has 1 aliphatic rings. The Kier molecular flexibility index (Phi) is 3.71. The predicted octanol–water partition coefficient (Wildman–Crippen LogP) is 4.80. The third kappa shape index (κ3) is 2.55. The molecule has 0 saturated heterocycles. The summed E-state index contributed by atoms with van der Waals surface area (Å²) in [6.07, 6.45) is -0.783. The molecule has 5 heteroatoms. The van der Waals surface area contributed by atoms with Crippen molar-refractivity contribution in [1.29, 1.82) is 0 Å². The Balaban J connectivity index is 1.99. The Bertz CT molecular complexity index is 662. The summed E-state index contributed by atoms with van der Waals surface area (Å²) in [5.74, 6) is 0.108. The molecule has 1 N–H and O–H groups in total. The lowest BCUT2D eigenvalue weighted by Gasteiger charge is -2.30. The SMILES string of the molecule is O[C@H]1CC(c2cc(Br)ccc2Cl)Oc2ccc(F)cc21. The van der Waals surface area contributed by atoms with Crippen LogP contribution in [0.15, 0.2) is 40.9 Å². The fraction of sp³-hybridized carbons (Fsp3) is 0.200. The predicted molar refractivity (Wildman–Crippen MR) is 78.5 cm³/mol. The van der Waals surface area contributed by atoms with Crippen molar-refractivity contribution in [3.63, 3.8) is 0 Å². The number of halogens is 3. The van der Waals surface area contributed by atoms with E-state index in [1.807, 2.05) is 12.1 Å². The molecule has 1 unspecified atom stereocenters. The summed E-state index contributed by atoms with van der Waals surface area (Å²) < 4.78 is 19.9. The topological polar surface area (TPSA) is 29.5 Å². The monoisotopic (exact) mass is 356 g/mol. The minimum atomic E-state index is -0.769. The minimum absolute atomic E-state index is 0.340. The number of fused-ring (bicyclic) bond motifs is 1. The Morgan fingerprint density at radius 1 is 1.20 bits per heavy atom. The molecule has 3 rings (SSSR count). The van der Waals surface area contributed by atoms with Gasteiger partial charge in [0.2, 0.25) is 0 Å². The molecule has 2 aromatic rings. The maximum Gasteiger partial charge on any atom is 0.128 e. The normalized spacial score (nSPS) is 21.2. The lowest BCUT2D eigenvalue weighted by Crippen LogP contribution is -2.19. The smallest absolute Gasteiger partial charge is 0.128 e. The number of hydrogen-bond acceptors (Lipinski definition) is 2. The quantitative estimate of drug-likeness (QED) is 0.794. The Morgan fingerprint density at radius 2 is 2.00 bits per heavy atom. The number of aliphatic hydroxyl groups excluding tert-OH is 1. The van der Waals surface area contributed by atoms with Crippen LogP contribution in [0.1, 0.15) is 29.8 Å². The summed E-state index contributed by atoms with van der Waals surface area (Å²) in [4.78, 5) is 0. The summed E-state index contributed by atoms with van der Waals surface area (Å²) in [5.41, 5.74) is 1.28. The van der Waals surface area contributed by atoms with Crippen LogP contribution >= 0.6 is 27.5 Å². The molecule has 2 nitrogen and oxygen atoms in total. The molecular weight excluding hydrogens is 347 g/mol. The van der Waals surface area contributed by atoms with Crippen molar-refractivity contribution < 1.29 is 14.2 Å². The highest BCUT2D eigenvalue weighted by Gasteiger charge is 2.29. The summed E-state index contributed by atoms with van der Waals surface area (Å²) in [6.45, 7) is 0. The zero-order valence-electron chi connectivity index (χ0n) is 10.3. The highest BCUT2D eigenvalue weighted by molar-refractivity contribution is 9.10. The molecule has 2 atom stereocenters. The van der Waals surface area contributed by atoms with Gasteiger partial charge in [0.25, 0.3) is 0 Å². The van der Waals surface area contributed by atoms with Gasteiger partial charge in [-0.25, -0.2) is 4.39 Å². The van der Waals surface area contributed by atoms with Crippen LogP contribution in [0.2, 0.25) is 5.02 Å². The van der Waals surface area contributed by atoms with Gasteiger partial charge >= 0.3 is 0 Å². The fourth-order valence-electron chi connectivity index (χ4n) is 2.37. The molecule has 1 aliphatic heterocycles. The van der Waals surface area contributed by atoms with E-state index in [4.69, 9.17) is 16.3 Å². The van der Waals surface area contributed by atoms with E-state index in [0.29, 0.717) is 22.8 Å². The molecule has 0 aromatic heterocycles. The number of rotatable bonds is 1. The third-order valence-corrected chi connectivity index (χ3v) is 4.18. The fourth-order valence-corrected chi connectivity index (χ4v) is 2.99. The Hall–Kier alpha value is -1.10. The van der Waals surface area contributed by atoms with Gasteiger partial charge in [-0.15, -0.1) is 0 Å². The second-order valence-corrected chi connectivity index (χ2v) is 6.03. The molecule has 1 heterocycles. The Morgan fingerprint density at radius 3 is 2.80 bits per heavy atom.